The van der Waals surface area contributed by atoms with Gasteiger partial charge < -0.3 is 9.80 Å². The minimum Gasteiger partial charge on any atom is -0.332 e. The van der Waals surface area contributed by atoms with E-state index in [0.717, 1.165) is 48.7 Å². The van der Waals surface area contributed by atoms with Gasteiger partial charge in [-0.05, 0) is 32.5 Å². The van der Waals surface area contributed by atoms with Crippen LogP contribution in [0, 0.1) is 0 Å². The number of rotatable bonds is 2. The summed E-state index contributed by atoms with van der Waals surface area (Å²) in [6, 6.07) is 1.87. The highest BCUT2D eigenvalue weighted by atomic mass is 16.2. The average molecular weight is 383 g/mol. The summed E-state index contributed by atoms with van der Waals surface area (Å²) in [5, 5.41) is 7.25. The Labute approximate surface area is 166 Å². The van der Waals surface area contributed by atoms with Crippen molar-refractivity contribution in [3.05, 3.63) is 40.7 Å². The molecule has 1 amide bonds. The van der Waals surface area contributed by atoms with Gasteiger partial charge in [-0.15, -0.1) is 0 Å². The molecule has 2 aromatic rings. The van der Waals surface area contributed by atoms with E-state index in [0.29, 0.717) is 24.7 Å². The number of piperidine rings is 1. The molecule has 0 aliphatic carbocycles. The summed E-state index contributed by atoms with van der Waals surface area (Å²) < 4.78 is 0. The summed E-state index contributed by atoms with van der Waals surface area (Å²) in [5.41, 5.74) is 3.55. The molecule has 0 spiro atoms. The van der Waals surface area contributed by atoms with Crippen LogP contribution < -0.4 is 0 Å². The summed E-state index contributed by atoms with van der Waals surface area (Å²) in [6.45, 7) is 9.71. The Bertz CT molecular complexity index is 868. The number of carbonyl (C=O) groups excluding carboxylic acids is 1. The molecule has 150 valence electrons. The van der Waals surface area contributed by atoms with E-state index in [4.69, 9.17) is 4.98 Å². The van der Waals surface area contributed by atoms with Gasteiger partial charge in [0.15, 0.2) is 0 Å². The van der Waals surface area contributed by atoms with Crippen LogP contribution in [0.4, 0.5) is 0 Å². The van der Waals surface area contributed by atoms with Crippen molar-refractivity contribution in [1.29, 1.82) is 0 Å². The first-order chi connectivity index (χ1) is 13.3. The summed E-state index contributed by atoms with van der Waals surface area (Å²) >= 11 is 0. The molecule has 0 saturated carbocycles. The molecule has 0 unspecified atom stereocenters. The van der Waals surface area contributed by atoms with Crippen molar-refractivity contribution in [3.63, 3.8) is 0 Å². The Morgan fingerprint density at radius 3 is 2.82 bits per heavy atom. The van der Waals surface area contributed by atoms with Crippen LogP contribution in [-0.2, 0) is 18.4 Å². The van der Waals surface area contributed by atoms with Gasteiger partial charge in [0.05, 0.1) is 5.69 Å². The minimum atomic E-state index is -0.0581. The first-order valence-electron chi connectivity index (χ1n) is 10.2. The zero-order valence-electron chi connectivity index (χ0n) is 17.3. The lowest BCUT2D eigenvalue weighted by Gasteiger charge is -2.30. The van der Waals surface area contributed by atoms with Crippen molar-refractivity contribution in [1.82, 2.24) is 30.0 Å². The van der Waals surface area contributed by atoms with Crippen LogP contribution in [-0.4, -0.2) is 62.6 Å². The van der Waals surface area contributed by atoms with Crippen LogP contribution in [0.2, 0.25) is 0 Å². The molecule has 2 aliphatic heterocycles. The number of fused-ring (bicyclic) bond motifs is 1. The molecule has 1 fully saturated rings. The fourth-order valence-electron chi connectivity index (χ4n) is 4.06. The van der Waals surface area contributed by atoms with Gasteiger partial charge in [0, 0.05) is 54.8 Å². The Balaban J connectivity index is 1.47. The number of amides is 1. The van der Waals surface area contributed by atoms with Crippen LogP contribution in [0.3, 0.4) is 0 Å². The summed E-state index contributed by atoms with van der Waals surface area (Å²) in [4.78, 5) is 26.6. The second-order valence-corrected chi connectivity index (χ2v) is 9.20. The monoisotopic (exact) mass is 382 g/mol. The maximum Gasteiger partial charge on any atom is 0.274 e. The standard InChI is InChI=1S/C21H30N6O/c1-21(2,3)18-10-17(24-25-18)20(28)27-9-7-16-15(13-27)11-22-19(23-16)14-6-5-8-26(4)12-14/h10-11,14H,5-9,12-13H2,1-4H3,(H,24,25)/t14-/m0/s1. The van der Waals surface area contributed by atoms with Crippen LogP contribution in [0.25, 0.3) is 0 Å². The molecule has 2 aromatic heterocycles. The number of nitrogens with one attached hydrogen (secondary N) is 1. The van der Waals surface area contributed by atoms with E-state index in [-0.39, 0.29) is 11.3 Å². The molecular formula is C21H30N6O. The third-order valence-corrected chi connectivity index (χ3v) is 5.83. The van der Waals surface area contributed by atoms with Crippen molar-refractivity contribution in [2.75, 3.05) is 26.7 Å². The maximum atomic E-state index is 12.9. The highest BCUT2D eigenvalue weighted by molar-refractivity contribution is 5.92. The SMILES string of the molecule is CN1CCC[C@H](c2ncc3c(n2)CCN(C(=O)c2cc(C(C)(C)C)[nH]n2)C3)C1. The topological polar surface area (TPSA) is 78.0 Å². The largest absolute Gasteiger partial charge is 0.332 e. The molecule has 1 atom stereocenters. The van der Waals surface area contributed by atoms with Gasteiger partial charge >= 0.3 is 0 Å². The molecule has 28 heavy (non-hydrogen) atoms. The van der Waals surface area contributed by atoms with E-state index in [1.54, 1.807) is 0 Å². The smallest absolute Gasteiger partial charge is 0.274 e. The fraction of sp³-hybridized carbons (Fsp3) is 0.619. The van der Waals surface area contributed by atoms with Crippen LogP contribution in [0.5, 0.6) is 0 Å². The Kier molecular flexibility index (Phi) is 4.95. The second kappa shape index (κ2) is 7.28. The predicted molar refractivity (Wildman–Crippen MR) is 107 cm³/mol. The van der Waals surface area contributed by atoms with Gasteiger partial charge in [0.25, 0.3) is 5.91 Å². The average Bonchev–Trinajstić information content (AvgIpc) is 3.17. The highest BCUT2D eigenvalue weighted by Crippen LogP contribution is 2.26. The Morgan fingerprint density at radius 1 is 1.29 bits per heavy atom. The van der Waals surface area contributed by atoms with E-state index in [9.17, 15) is 4.79 Å². The minimum absolute atomic E-state index is 0.0321. The van der Waals surface area contributed by atoms with E-state index in [1.165, 1.54) is 6.42 Å². The molecular weight excluding hydrogens is 352 g/mol. The molecule has 1 N–H and O–H groups in total. The van der Waals surface area contributed by atoms with Crippen molar-refractivity contribution >= 4 is 5.91 Å². The zero-order chi connectivity index (χ0) is 19.9. The van der Waals surface area contributed by atoms with Crippen LogP contribution in [0.1, 0.15) is 72.8 Å². The van der Waals surface area contributed by atoms with Gasteiger partial charge in [-0.25, -0.2) is 9.97 Å². The summed E-state index contributed by atoms with van der Waals surface area (Å²) in [7, 11) is 2.16. The van der Waals surface area contributed by atoms with Crippen molar-refractivity contribution in [3.8, 4) is 0 Å². The number of likely N-dealkylation sites (N-methyl/N-ethyl adjacent to an activating group) is 1. The molecule has 7 heteroatoms. The van der Waals surface area contributed by atoms with Crippen LogP contribution in [0.15, 0.2) is 12.3 Å². The number of nitrogens with zero attached hydrogens (tertiary/aromatic N) is 5. The number of hydrogen-bond donors (Lipinski definition) is 1. The van der Waals surface area contributed by atoms with E-state index in [2.05, 4.69) is 47.9 Å². The lowest BCUT2D eigenvalue weighted by atomic mass is 9.92. The molecule has 0 bridgehead atoms. The second-order valence-electron chi connectivity index (χ2n) is 9.20. The third kappa shape index (κ3) is 3.81. The molecule has 2 aliphatic rings. The first-order valence-corrected chi connectivity index (χ1v) is 10.2. The highest BCUT2D eigenvalue weighted by Gasteiger charge is 2.28. The zero-order valence-corrected chi connectivity index (χ0v) is 17.3. The summed E-state index contributed by atoms with van der Waals surface area (Å²) in [5.74, 6) is 1.35. The normalized spacial score (nSPS) is 20.9. The lowest BCUT2D eigenvalue weighted by Crippen LogP contribution is -2.37. The van der Waals surface area contributed by atoms with Gasteiger partial charge in [-0.3, -0.25) is 9.89 Å². The number of aromatic amines is 1. The van der Waals surface area contributed by atoms with Gasteiger partial charge in [0.1, 0.15) is 11.5 Å². The van der Waals surface area contributed by atoms with E-state index in [1.807, 2.05) is 17.2 Å². The predicted octanol–water partition coefficient (Wildman–Crippen LogP) is 2.50. The van der Waals surface area contributed by atoms with Crippen molar-refractivity contribution in [2.45, 2.75) is 57.9 Å². The van der Waals surface area contributed by atoms with Gasteiger partial charge in [-0.2, -0.15) is 5.10 Å². The first kappa shape index (κ1) is 19.1. The van der Waals surface area contributed by atoms with Crippen LogP contribution >= 0.6 is 0 Å². The molecule has 4 heterocycles. The maximum absolute atomic E-state index is 12.9. The van der Waals surface area contributed by atoms with Crippen molar-refractivity contribution < 1.29 is 4.79 Å². The lowest BCUT2D eigenvalue weighted by molar-refractivity contribution is 0.0727. The fourth-order valence-corrected chi connectivity index (χ4v) is 4.06. The molecule has 1 saturated heterocycles. The number of aromatic nitrogens is 4. The third-order valence-electron chi connectivity index (χ3n) is 5.83. The molecule has 4 rings (SSSR count). The number of carbonyl (C=O) groups is 1. The molecule has 0 radical (unpaired) electrons. The number of hydrogen-bond acceptors (Lipinski definition) is 5. The van der Waals surface area contributed by atoms with Gasteiger partial charge in [-0.1, -0.05) is 20.8 Å². The number of likely N-dealkylation sites (tertiary alicyclic amines) is 1. The molecule has 7 nitrogen and oxygen atoms in total. The van der Waals surface area contributed by atoms with Gasteiger partial charge in [0.2, 0.25) is 0 Å². The quantitative estimate of drug-likeness (QED) is 0.863. The number of H-pyrrole nitrogens is 1. The van der Waals surface area contributed by atoms with E-state index < -0.39 is 0 Å². The van der Waals surface area contributed by atoms with Crippen molar-refractivity contribution in [2.24, 2.45) is 0 Å². The Hall–Kier alpha value is -2.28. The Morgan fingerprint density at radius 2 is 2.11 bits per heavy atom. The molecule has 0 aromatic carbocycles. The van der Waals surface area contributed by atoms with E-state index >= 15 is 0 Å². The summed E-state index contributed by atoms with van der Waals surface area (Å²) in [6.07, 6.45) is 5.06.